The topological polar surface area (TPSA) is 164 Å². The van der Waals surface area contributed by atoms with Crippen LogP contribution < -0.4 is 5.32 Å². The van der Waals surface area contributed by atoms with Crippen molar-refractivity contribution in [3.8, 4) is 0 Å². The van der Waals surface area contributed by atoms with Gasteiger partial charge in [0.15, 0.2) is 0 Å². The summed E-state index contributed by atoms with van der Waals surface area (Å²) in [6.45, 7) is -0.644. The van der Waals surface area contributed by atoms with E-state index in [2.05, 4.69) is 5.32 Å². The van der Waals surface area contributed by atoms with Gasteiger partial charge in [0.05, 0.1) is 11.3 Å². The maximum Gasteiger partial charge on any atom is 0.408 e. The van der Waals surface area contributed by atoms with Crippen LogP contribution in [0.1, 0.15) is 24.0 Å². The van der Waals surface area contributed by atoms with Crippen molar-refractivity contribution in [3.05, 3.63) is 75.8 Å². The van der Waals surface area contributed by atoms with Crippen molar-refractivity contribution in [1.29, 1.82) is 0 Å². The fraction of sp³-hybridized carbons (Fsp3) is 0.304. The van der Waals surface area contributed by atoms with Gasteiger partial charge >= 0.3 is 23.8 Å². The number of nitrogens with zero attached hydrogens (tertiary/aromatic N) is 2. The number of carbonyl (C=O) groups is 4. The van der Waals surface area contributed by atoms with Crippen molar-refractivity contribution in [3.63, 3.8) is 0 Å². The Hall–Kier alpha value is -4.52. The van der Waals surface area contributed by atoms with Crippen molar-refractivity contribution >= 4 is 29.6 Å². The molecule has 2 aliphatic rings. The molecule has 2 saturated heterocycles. The molecule has 188 valence electrons. The van der Waals surface area contributed by atoms with Gasteiger partial charge in [-0.2, -0.15) is 5.06 Å². The molecule has 2 aromatic rings. The van der Waals surface area contributed by atoms with Crippen LogP contribution in [0.3, 0.4) is 0 Å². The van der Waals surface area contributed by atoms with Crippen LogP contribution in [0.25, 0.3) is 0 Å². The minimum absolute atomic E-state index is 0.0192. The summed E-state index contributed by atoms with van der Waals surface area (Å²) in [4.78, 5) is 65.6. The normalized spacial score (nSPS) is 21.1. The first kappa shape index (κ1) is 24.6. The Balaban J connectivity index is 1.38. The van der Waals surface area contributed by atoms with E-state index < -0.39 is 40.6 Å². The number of benzene rings is 2. The number of nitrogens with one attached hydrogen (secondary N) is 1. The lowest BCUT2D eigenvalue weighted by Gasteiger charge is -2.32. The molecule has 2 atom stereocenters. The Morgan fingerprint density at radius 3 is 2.36 bits per heavy atom. The average molecular weight is 499 g/mol. The first-order chi connectivity index (χ1) is 17.3. The van der Waals surface area contributed by atoms with E-state index >= 15 is 0 Å². The van der Waals surface area contributed by atoms with Gasteiger partial charge in [-0.05, 0) is 23.3 Å². The van der Waals surface area contributed by atoms with Gasteiger partial charge in [0.1, 0.15) is 25.9 Å². The van der Waals surface area contributed by atoms with Crippen LogP contribution in [0.2, 0.25) is 0 Å². The minimum atomic E-state index is -2.17. The lowest BCUT2D eigenvalue weighted by molar-refractivity contribution is -0.384. The molecule has 2 unspecified atom stereocenters. The summed E-state index contributed by atoms with van der Waals surface area (Å²) in [7, 11) is 0. The van der Waals surface area contributed by atoms with Gasteiger partial charge in [-0.25, -0.2) is 9.59 Å². The van der Waals surface area contributed by atoms with Gasteiger partial charge in [-0.3, -0.25) is 24.5 Å². The van der Waals surface area contributed by atoms with E-state index in [-0.39, 0.29) is 38.3 Å². The molecule has 2 heterocycles. The molecule has 0 saturated carbocycles. The second-order valence-electron chi connectivity index (χ2n) is 7.95. The monoisotopic (exact) mass is 499 g/mol. The van der Waals surface area contributed by atoms with Crippen molar-refractivity contribution in [1.82, 2.24) is 10.4 Å². The van der Waals surface area contributed by atoms with Crippen LogP contribution in [-0.2, 0) is 46.6 Å². The SMILES string of the molecule is O=C1CCC(C(=O)OCc2ccc([N+](=O)[O-])cc2)(N2OCC(NC(=O)OCc3ccccc3)C2=O)O1. The number of rotatable bonds is 8. The molecule has 0 bridgehead atoms. The highest BCUT2D eigenvalue weighted by Gasteiger charge is 2.60. The van der Waals surface area contributed by atoms with Gasteiger partial charge in [-0.1, -0.05) is 30.3 Å². The fourth-order valence-corrected chi connectivity index (χ4v) is 3.63. The van der Waals surface area contributed by atoms with Gasteiger partial charge in [0.25, 0.3) is 11.6 Å². The molecule has 4 rings (SSSR count). The Labute approximate surface area is 204 Å². The number of hydrogen-bond acceptors (Lipinski definition) is 10. The molecule has 2 aliphatic heterocycles. The summed E-state index contributed by atoms with van der Waals surface area (Å²) in [5.74, 6) is -2.63. The molecular weight excluding hydrogens is 478 g/mol. The number of hydrogen-bond donors (Lipinski definition) is 1. The fourth-order valence-electron chi connectivity index (χ4n) is 3.63. The van der Waals surface area contributed by atoms with Crippen LogP contribution in [-0.4, -0.2) is 52.3 Å². The Morgan fingerprint density at radius 2 is 1.72 bits per heavy atom. The average Bonchev–Trinajstić information content (AvgIpc) is 3.45. The predicted molar refractivity (Wildman–Crippen MR) is 117 cm³/mol. The van der Waals surface area contributed by atoms with Crippen LogP contribution >= 0.6 is 0 Å². The largest absolute Gasteiger partial charge is 0.456 e. The number of esters is 2. The van der Waals surface area contributed by atoms with Gasteiger partial charge in [0.2, 0.25) is 0 Å². The summed E-state index contributed by atoms with van der Waals surface area (Å²) >= 11 is 0. The standard InChI is InChI=1S/C23H21N3O10/c27-19-10-11-23(36-19,21(29)33-12-16-6-8-17(9-7-16)26(31)32)25-20(28)18(14-35-25)24-22(30)34-13-15-4-2-1-3-5-15/h1-9,18H,10-14H2,(H,24,30). The number of amides is 2. The smallest absolute Gasteiger partial charge is 0.408 e. The molecule has 36 heavy (non-hydrogen) atoms. The summed E-state index contributed by atoms with van der Waals surface area (Å²) in [5.41, 5.74) is -1.12. The number of alkyl carbamates (subject to hydrolysis) is 1. The molecule has 0 aliphatic carbocycles. The van der Waals surface area contributed by atoms with Crippen LogP contribution in [0.5, 0.6) is 0 Å². The van der Waals surface area contributed by atoms with E-state index in [0.717, 1.165) is 5.56 Å². The number of carbonyl (C=O) groups excluding carboxylic acids is 4. The first-order valence-electron chi connectivity index (χ1n) is 10.8. The Morgan fingerprint density at radius 1 is 1.06 bits per heavy atom. The molecule has 2 aromatic carbocycles. The highest BCUT2D eigenvalue weighted by molar-refractivity contribution is 5.94. The summed E-state index contributed by atoms with van der Waals surface area (Å²) in [5, 5.41) is 13.8. The summed E-state index contributed by atoms with van der Waals surface area (Å²) in [6, 6.07) is 13.0. The zero-order valence-electron chi connectivity index (χ0n) is 18.8. The number of ether oxygens (including phenoxy) is 3. The van der Waals surface area contributed by atoms with Crippen molar-refractivity contribution in [2.75, 3.05) is 6.61 Å². The number of nitro groups is 1. The Kier molecular flexibility index (Phi) is 7.10. The Bertz CT molecular complexity index is 1170. The zero-order chi connectivity index (χ0) is 25.7. The third-order valence-corrected chi connectivity index (χ3v) is 5.49. The van der Waals surface area contributed by atoms with E-state index in [1.54, 1.807) is 24.3 Å². The molecule has 13 nitrogen and oxygen atoms in total. The van der Waals surface area contributed by atoms with Crippen molar-refractivity contribution < 1.29 is 43.1 Å². The van der Waals surface area contributed by atoms with E-state index in [1.807, 2.05) is 6.07 Å². The van der Waals surface area contributed by atoms with Crippen LogP contribution in [0.4, 0.5) is 10.5 Å². The molecule has 0 spiro atoms. The molecule has 2 amide bonds. The van der Waals surface area contributed by atoms with Crippen molar-refractivity contribution in [2.45, 2.75) is 37.8 Å². The maximum absolute atomic E-state index is 13.0. The maximum atomic E-state index is 13.0. The van der Waals surface area contributed by atoms with E-state index in [4.69, 9.17) is 19.0 Å². The first-order valence-corrected chi connectivity index (χ1v) is 10.8. The van der Waals surface area contributed by atoms with Crippen molar-refractivity contribution in [2.24, 2.45) is 0 Å². The number of cyclic esters (lactones) is 1. The molecule has 0 radical (unpaired) electrons. The third kappa shape index (κ3) is 5.25. The lowest BCUT2D eigenvalue weighted by Crippen LogP contribution is -2.57. The van der Waals surface area contributed by atoms with Crippen LogP contribution in [0.15, 0.2) is 54.6 Å². The summed E-state index contributed by atoms with van der Waals surface area (Å²) in [6.07, 6.45) is -1.26. The highest BCUT2D eigenvalue weighted by Crippen LogP contribution is 2.35. The quantitative estimate of drug-likeness (QED) is 0.245. The minimum Gasteiger partial charge on any atom is -0.456 e. The number of nitro benzene ring substituents is 1. The predicted octanol–water partition coefficient (Wildman–Crippen LogP) is 1.74. The van der Waals surface area contributed by atoms with Gasteiger partial charge in [0, 0.05) is 18.6 Å². The highest BCUT2D eigenvalue weighted by atomic mass is 16.8. The van der Waals surface area contributed by atoms with Crippen LogP contribution in [0, 0.1) is 10.1 Å². The van der Waals surface area contributed by atoms with E-state index in [9.17, 15) is 29.3 Å². The second-order valence-corrected chi connectivity index (χ2v) is 7.95. The molecule has 1 N–H and O–H groups in total. The molecule has 13 heteroatoms. The molecular formula is C23H21N3O10. The van der Waals surface area contributed by atoms with E-state index in [1.165, 1.54) is 24.3 Å². The van der Waals surface area contributed by atoms with Gasteiger partial charge < -0.3 is 19.5 Å². The number of non-ortho nitro benzene ring substituents is 1. The molecule has 0 aromatic heterocycles. The zero-order valence-corrected chi connectivity index (χ0v) is 18.8. The third-order valence-electron chi connectivity index (χ3n) is 5.49. The molecule has 2 fully saturated rings. The second kappa shape index (κ2) is 10.4. The summed E-state index contributed by atoms with van der Waals surface area (Å²) < 4.78 is 15.6. The number of hydroxylamine groups is 2. The van der Waals surface area contributed by atoms with Gasteiger partial charge in [-0.15, -0.1) is 0 Å². The van der Waals surface area contributed by atoms with E-state index in [0.29, 0.717) is 10.6 Å². The lowest BCUT2D eigenvalue weighted by atomic mass is 10.1.